The van der Waals surface area contributed by atoms with Crippen molar-refractivity contribution in [1.82, 2.24) is 15.0 Å². The van der Waals surface area contributed by atoms with E-state index in [0.29, 0.717) is 39.9 Å². The molecule has 0 bridgehead atoms. The van der Waals surface area contributed by atoms with Gasteiger partial charge >= 0.3 is 0 Å². The molecule has 0 saturated carbocycles. The van der Waals surface area contributed by atoms with Crippen LogP contribution in [0.5, 0.6) is 0 Å². The lowest BCUT2D eigenvalue weighted by Gasteiger charge is -2.11. The van der Waals surface area contributed by atoms with Crippen LogP contribution in [0.25, 0.3) is 94.3 Å². The summed E-state index contributed by atoms with van der Waals surface area (Å²) in [6, 6.07) is 55.9. The van der Waals surface area contributed by atoms with Gasteiger partial charge in [-0.1, -0.05) is 121 Å². The molecule has 0 aliphatic heterocycles. The molecule has 6 nitrogen and oxygen atoms in total. The van der Waals surface area contributed by atoms with Crippen LogP contribution in [0.2, 0.25) is 0 Å². The van der Waals surface area contributed by atoms with E-state index < -0.39 is 0 Å². The maximum absolute atomic E-state index is 9.71. The number of benzene rings is 7. The van der Waals surface area contributed by atoms with Crippen LogP contribution in [0.4, 0.5) is 5.69 Å². The van der Waals surface area contributed by atoms with Gasteiger partial charge in [0.25, 0.3) is 0 Å². The van der Waals surface area contributed by atoms with Gasteiger partial charge in [0.15, 0.2) is 23.2 Å². The number of hydrogen-bond donors (Lipinski definition) is 0. The number of nitriles is 1. The highest BCUT2D eigenvalue weighted by molar-refractivity contribution is 6.16. The minimum Gasteiger partial charge on any atom is -0.455 e. The van der Waals surface area contributed by atoms with Gasteiger partial charge in [0.2, 0.25) is 0 Å². The summed E-state index contributed by atoms with van der Waals surface area (Å²) < 4.78 is 6.70. The van der Waals surface area contributed by atoms with Gasteiger partial charge in [0.1, 0.15) is 11.2 Å². The molecule has 0 aliphatic carbocycles. The Morgan fingerprint density at radius 1 is 0.491 bits per heavy atom. The summed E-state index contributed by atoms with van der Waals surface area (Å²) in [6.07, 6.45) is 0. The Morgan fingerprint density at radius 2 is 1.11 bits per heavy atom. The predicted molar refractivity (Wildman–Crippen MR) is 211 cm³/mol. The van der Waals surface area contributed by atoms with Crippen LogP contribution in [-0.4, -0.2) is 15.0 Å². The van der Waals surface area contributed by atoms with E-state index in [1.54, 1.807) is 12.1 Å². The molecule has 0 fully saturated rings. The fourth-order valence-corrected chi connectivity index (χ4v) is 6.82. The summed E-state index contributed by atoms with van der Waals surface area (Å²) in [6.45, 7) is 7.66. The van der Waals surface area contributed by atoms with Gasteiger partial charge < -0.3 is 4.42 Å². The molecule has 9 aromatic rings. The van der Waals surface area contributed by atoms with Crippen molar-refractivity contribution in [2.45, 2.75) is 0 Å². The van der Waals surface area contributed by atoms with Crippen LogP contribution in [0, 0.1) is 17.9 Å². The third-order valence-electron chi connectivity index (χ3n) is 9.34. The van der Waals surface area contributed by atoms with Crippen LogP contribution >= 0.6 is 0 Å². The number of furan rings is 1. The Balaban J connectivity index is 1.31. The summed E-state index contributed by atoms with van der Waals surface area (Å²) in [5.74, 6) is 1.63. The fraction of sp³-hybridized carbons (Fsp3) is 0. The maximum Gasteiger partial charge on any atom is 0.187 e. The molecule has 0 radical (unpaired) electrons. The summed E-state index contributed by atoms with van der Waals surface area (Å²) in [7, 11) is 0. The topological polar surface area (TPSA) is 80.0 Å². The molecule has 0 spiro atoms. The zero-order valence-corrected chi connectivity index (χ0v) is 28.2. The third-order valence-corrected chi connectivity index (χ3v) is 9.34. The van der Waals surface area contributed by atoms with E-state index in [1.807, 2.05) is 115 Å². The minimum atomic E-state index is 0.515. The van der Waals surface area contributed by atoms with Crippen LogP contribution in [0.3, 0.4) is 0 Å². The van der Waals surface area contributed by atoms with Crippen molar-refractivity contribution in [2.24, 2.45) is 0 Å². The van der Waals surface area contributed by atoms with Gasteiger partial charge in [-0.3, -0.25) is 0 Å². The number of aromatic nitrogens is 3. The van der Waals surface area contributed by atoms with Crippen molar-refractivity contribution in [3.8, 4) is 73.6 Å². The van der Waals surface area contributed by atoms with Crippen molar-refractivity contribution in [2.75, 3.05) is 0 Å². The lowest BCUT2D eigenvalue weighted by molar-refractivity contribution is 0.670. The Hall–Kier alpha value is -7.67. The summed E-state index contributed by atoms with van der Waals surface area (Å²) in [5.41, 5.74) is 10.7. The first-order valence-electron chi connectivity index (χ1n) is 17.1. The van der Waals surface area contributed by atoms with Gasteiger partial charge in [0, 0.05) is 33.0 Å². The normalized spacial score (nSPS) is 11.0. The highest BCUT2D eigenvalue weighted by Crippen LogP contribution is 2.43. The zero-order valence-electron chi connectivity index (χ0n) is 28.2. The first-order chi connectivity index (χ1) is 26.1. The molecule has 0 amide bonds. The Morgan fingerprint density at radius 3 is 1.89 bits per heavy atom. The van der Waals surface area contributed by atoms with E-state index in [0.717, 1.165) is 60.8 Å². The monoisotopic (exact) mass is 677 g/mol. The maximum atomic E-state index is 9.71. The molecule has 7 aromatic carbocycles. The molecule has 0 saturated heterocycles. The van der Waals surface area contributed by atoms with Crippen molar-refractivity contribution >= 4 is 27.6 Å². The molecular formula is C47H27N5O. The Kier molecular flexibility index (Phi) is 7.82. The van der Waals surface area contributed by atoms with Crippen LogP contribution in [-0.2, 0) is 0 Å². The van der Waals surface area contributed by atoms with Crippen molar-refractivity contribution in [3.63, 3.8) is 0 Å². The number of fused-ring (bicyclic) bond motifs is 3. The number of rotatable bonds is 6. The van der Waals surface area contributed by atoms with Gasteiger partial charge in [-0.25, -0.2) is 19.8 Å². The van der Waals surface area contributed by atoms with Crippen molar-refractivity contribution < 1.29 is 4.42 Å². The lowest BCUT2D eigenvalue weighted by atomic mass is 9.94. The number of nitrogens with zero attached hydrogens (tertiary/aromatic N) is 5. The first-order valence-corrected chi connectivity index (χ1v) is 17.1. The Labute approximate surface area is 305 Å². The van der Waals surface area contributed by atoms with E-state index >= 15 is 0 Å². The number of hydrogen-bond acceptors (Lipinski definition) is 5. The third kappa shape index (κ3) is 5.87. The van der Waals surface area contributed by atoms with E-state index in [4.69, 9.17) is 25.9 Å². The lowest BCUT2D eigenvalue weighted by Crippen LogP contribution is -2.00. The second kappa shape index (κ2) is 13.2. The smallest absolute Gasteiger partial charge is 0.187 e. The van der Waals surface area contributed by atoms with E-state index in [9.17, 15) is 5.26 Å². The molecule has 0 N–H and O–H groups in total. The Bertz CT molecular complexity index is 2920. The van der Waals surface area contributed by atoms with Gasteiger partial charge in [-0.2, -0.15) is 5.26 Å². The van der Waals surface area contributed by atoms with Gasteiger partial charge in [0.05, 0.1) is 18.2 Å². The molecular weight excluding hydrogens is 651 g/mol. The average Bonchev–Trinajstić information content (AvgIpc) is 3.63. The van der Waals surface area contributed by atoms with Crippen molar-refractivity contribution in [1.29, 1.82) is 5.26 Å². The highest BCUT2D eigenvalue weighted by atomic mass is 16.3. The molecule has 9 rings (SSSR count). The SMILES string of the molecule is [C-]#[N+]c1cccc(-c2cc(-c3cccc(C#N)c3)cc3c2oc2cccc(-c4nc(-c5ccccc5)nc(-c5cccc(-c6ccccc6)c5)n4)c23)c1. The first kappa shape index (κ1) is 31.3. The fourth-order valence-electron chi connectivity index (χ4n) is 6.82. The summed E-state index contributed by atoms with van der Waals surface area (Å²) >= 11 is 0. The molecule has 0 atom stereocenters. The second-order valence-electron chi connectivity index (χ2n) is 12.7. The van der Waals surface area contributed by atoms with Crippen LogP contribution in [0.1, 0.15) is 5.56 Å². The molecule has 2 aromatic heterocycles. The zero-order chi connectivity index (χ0) is 35.7. The van der Waals surface area contributed by atoms with E-state index in [1.165, 1.54) is 0 Å². The largest absolute Gasteiger partial charge is 0.455 e. The van der Waals surface area contributed by atoms with Crippen molar-refractivity contribution in [3.05, 3.63) is 181 Å². The van der Waals surface area contributed by atoms with Crippen LogP contribution < -0.4 is 0 Å². The van der Waals surface area contributed by atoms with Gasteiger partial charge in [-0.05, 0) is 70.3 Å². The molecule has 53 heavy (non-hydrogen) atoms. The van der Waals surface area contributed by atoms with Gasteiger partial charge in [-0.15, -0.1) is 0 Å². The second-order valence-corrected chi connectivity index (χ2v) is 12.7. The summed E-state index contributed by atoms with van der Waals surface area (Å²) in [5, 5.41) is 11.4. The van der Waals surface area contributed by atoms with Crippen LogP contribution in [0.15, 0.2) is 168 Å². The molecule has 2 heterocycles. The van der Waals surface area contributed by atoms with E-state index in [-0.39, 0.29) is 0 Å². The molecule has 246 valence electrons. The minimum absolute atomic E-state index is 0.515. The summed E-state index contributed by atoms with van der Waals surface area (Å²) in [4.78, 5) is 18.9. The molecule has 0 unspecified atom stereocenters. The predicted octanol–water partition coefficient (Wildman–Crippen LogP) is 12.2. The quantitative estimate of drug-likeness (QED) is 0.164. The van der Waals surface area contributed by atoms with E-state index in [2.05, 4.69) is 47.3 Å². The molecule has 6 heteroatoms. The average molecular weight is 678 g/mol. The highest BCUT2D eigenvalue weighted by Gasteiger charge is 2.21. The molecule has 0 aliphatic rings. The standard InChI is InChI=1S/C47H27N5O/c1-49-38-21-10-19-35(26-38)40-27-37(33-17-8-12-30(24-33)29-48)28-41-43-39(22-11-23-42(43)53-44(40)41)47-51-45(32-15-6-3-7-16-32)50-46(52-47)36-20-9-18-34(25-36)31-13-4-2-5-14-31/h2-28H.